The van der Waals surface area contributed by atoms with Crippen LogP contribution in [0.3, 0.4) is 0 Å². The van der Waals surface area contributed by atoms with E-state index < -0.39 is 0 Å². The number of amides is 2. The number of halogens is 1. The molecule has 0 aliphatic carbocycles. The Morgan fingerprint density at radius 2 is 1.68 bits per heavy atom. The Morgan fingerprint density at radius 1 is 0.960 bits per heavy atom. The number of rotatable bonds is 6. The molecule has 128 valence electrons. The van der Waals surface area contributed by atoms with Crippen molar-refractivity contribution in [2.24, 2.45) is 0 Å². The molecular weight excluding hydrogens is 336 g/mol. The molecule has 25 heavy (non-hydrogen) atoms. The molecule has 0 heterocycles. The van der Waals surface area contributed by atoms with E-state index in [9.17, 15) is 9.59 Å². The molecule has 2 aromatic carbocycles. The summed E-state index contributed by atoms with van der Waals surface area (Å²) in [5.74, 6) is 5.62. The van der Waals surface area contributed by atoms with E-state index >= 15 is 0 Å². The Balaban J connectivity index is 1.60. The SMILES string of the molecule is O=C(CCCNC(=O)c1ccc(Cl)cc1)NCC#Cc1ccccc1. The lowest BCUT2D eigenvalue weighted by atomic mass is 10.2. The van der Waals surface area contributed by atoms with E-state index in [0.717, 1.165) is 5.56 Å². The lowest BCUT2D eigenvalue weighted by Crippen LogP contribution is -2.27. The summed E-state index contributed by atoms with van der Waals surface area (Å²) in [5, 5.41) is 6.10. The van der Waals surface area contributed by atoms with Crippen molar-refractivity contribution in [1.82, 2.24) is 10.6 Å². The van der Waals surface area contributed by atoms with E-state index in [1.165, 1.54) is 0 Å². The fourth-order valence-electron chi connectivity index (χ4n) is 2.05. The molecule has 0 aliphatic heterocycles. The van der Waals surface area contributed by atoms with Crippen molar-refractivity contribution >= 4 is 23.4 Å². The van der Waals surface area contributed by atoms with Gasteiger partial charge in [0.1, 0.15) is 0 Å². The average molecular weight is 355 g/mol. The first kappa shape index (κ1) is 18.6. The number of carbonyl (C=O) groups excluding carboxylic acids is 2. The molecule has 0 unspecified atom stereocenters. The fraction of sp³-hybridized carbons (Fsp3) is 0.200. The molecule has 0 bridgehead atoms. The minimum atomic E-state index is -0.175. The van der Waals surface area contributed by atoms with Gasteiger partial charge in [-0.2, -0.15) is 0 Å². The molecular formula is C20H19ClN2O2. The highest BCUT2D eigenvalue weighted by molar-refractivity contribution is 6.30. The van der Waals surface area contributed by atoms with Gasteiger partial charge in [-0.05, 0) is 42.8 Å². The maximum atomic E-state index is 11.9. The molecule has 0 spiro atoms. The van der Waals surface area contributed by atoms with Crippen LogP contribution in [0.15, 0.2) is 54.6 Å². The highest BCUT2D eigenvalue weighted by atomic mass is 35.5. The summed E-state index contributed by atoms with van der Waals surface area (Å²) in [6, 6.07) is 16.3. The first-order valence-corrected chi connectivity index (χ1v) is 8.37. The van der Waals surface area contributed by atoms with E-state index in [1.54, 1.807) is 24.3 Å². The maximum absolute atomic E-state index is 11.9. The molecule has 2 amide bonds. The van der Waals surface area contributed by atoms with Gasteiger partial charge in [-0.25, -0.2) is 0 Å². The summed E-state index contributed by atoms with van der Waals surface area (Å²) in [6.45, 7) is 0.745. The summed E-state index contributed by atoms with van der Waals surface area (Å²) in [4.78, 5) is 23.6. The number of hydrogen-bond donors (Lipinski definition) is 2. The fourth-order valence-corrected chi connectivity index (χ4v) is 2.18. The third-order valence-electron chi connectivity index (χ3n) is 3.35. The minimum absolute atomic E-state index is 0.0805. The smallest absolute Gasteiger partial charge is 0.251 e. The zero-order valence-electron chi connectivity index (χ0n) is 13.7. The van der Waals surface area contributed by atoms with Crippen LogP contribution < -0.4 is 10.6 Å². The number of nitrogens with one attached hydrogen (secondary N) is 2. The van der Waals surface area contributed by atoms with Crippen LogP contribution in [-0.2, 0) is 4.79 Å². The van der Waals surface area contributed by atoms with Crippen LogP contribution in [0, 0.1) is 11.8 Å². The zero-order valence-corrected chi connectivity index (χ0v) is 14.5. The van der Waals surface area contributed by atoms with Gasteiger partial charge in [-0.3, -0.25) is 9.59 Å². The van der Waals surface area contributed by atoms with Gasteiger partial charge in [-0.15, -0.1) is 0 Å². The molecule has 0 fully saturated rings. The van der Waals surface area contributed by atoms with Gasteiger partial charge in [0.15, 0.2) is 0 Å². The molecule has 0 saturated heterocycles. The first-order chi connectivity index (χ1) is 12.1. The van der Waals surface area contributed by atoms with Crippen molar-refractivity contribution in [2.45, 2.75) is 12.8 Å². The summed E-state index contributed by atoms with van der Waals surface area (Å²) >= 11 is 5.78. The summed E-state index contributed by atoms with van der Waals surface area (Å²) < 4.78 is 0. The van der Waals surface area contributed by atoms with Crippen LogP contribution in [-0.4, -0.2) is 24.9 Å². The molecule has 2 rings (SSSR count). The Labute approximate surface area is 152 Å². The molecule has 0 aromatic heterocycles. The molecule has 2 aromatic rings. The van der Waals surface area contributed by atoms with Crippen molar-refractivity contribution < 1.29 is 9.59 Å². The topological polar surface area (TPSA) is 58.2 Å². The predicted octanol–water partition coefficient (Wildman–Crippen LogP) is 3.02. The molecule has 4 nitrogen and oxygen atoms in total. The second kappa shape index (κ2) is 10.2. The van der Waals surface area contributed by atoms with E-state index in [1.807, 2.05) is 30.3 Å². The van der Waals surface area contributed by atoms with Crippen molar-refractivity contribution in [1.29, 1.82) is 0 Å². The van der Waals surface area contributed by atoms with Crippen molar-refractivity contribution in [3.63, 3.8) is 0 Å². The highest BCUT2D eigenvalue weighted by Crippen LogP contribution is 2.09. The molecule has 0 radical (unpaired) electrons. The first-order valence-electron chi connectivity index (χ1n) is 7.99. The predicted molar refractivity (Wildman–Crippen MR) is 99.3 cm³/mol. The average Bonchev–Trinajstić information content (AvgIpc) is 2.63. The lowest BCUT2D eigenvalue weighted by Gasteiger charge is -2.05. The third-order valence-corrected chi connectivity index (χ3v) is 3.61. The van der Waals surface area contributed by atoms with Gasteiger partial charge < -0.3 is 10.6 Å². The Bertz CT molecular complexity index is 762. The third kappa shape index (κ3) is 7.11. The number of benzene rings is 2. The van der Waals surface area contributed by atoms with Crippen LogP contribution >= 0.6 is 11.6 Å². The summed E-state index contributed by atoms with van der Waals surface area (Å²) in [7, 11) is 0. The van der Waals surface area contributed by atoms with Crippen LogP contribution in [0.4, 0.5) is 0 Å². The van der Waals surface area contributed by atoms with Gasteiger partial charge in [-0.1, -0.05) is 41.6 Å². The number of carbonyl (C=O) groups is 2. The molecule has 0 saturated carbocycles. The quantitative estimate of drug-likeness (QED) is 0.619. The van der Waals surface area contributed by atoms with Gasteiger partial charge in [0.25, 0.3) is 5.91 Å². The van der Waals surface area contributed by atoms with E-state index in [2.05, 4.69) is 22.5 Å². The zero-order chi connectivity index (χ0) is 17.9. The van der Waals surface area contributed by atoms with Crippen LogP contribution in [0.2, 0.25) is 5.02 Å². The molecule has 5 heteroatoms. The van der Waals surface area contributed by atoms with Crippen LogP contribution in [0.25, 0.3) is 0 Å². The van der Waals surface area contributed by atoms with Gasteiger partial charge in [0, 0.05) is 29.1 Å². The monoisotopic (exact) mass is 354 g/mol. The second-order valence-corrected chi connectivity index (χ2v) is 5.75. The van der Waals surface area contributed by atoms with E-state index in [-0.39, 0.29) is 11.8 Å². The minimum Gasteiger partial charge on any atom is -0.352 e. The maximum Gasteiger partial charge on any atom is 0.251 e. The van der Waals surface area contributed by atoms with Gasteiger partial charge in [0.05, 0.1) is 6.54 Å². The standard InChI is InChI=1S/C20H19ClN2O2/c21-18-12-10-17(11-13-18)20(25)23-15-5-9-19(24)22-14-4-8-16-6-2-1-3-7-16/h1-3,6-7,10-13H,5,9,14-15H2,(H,22,24)(H,23,25). The Kier molecular flexibility index (Phi) is 7.55. The summed E-state index contributed by atoms with van der Waals surface area (Å²) in [5.41, 5.74) is 1.46. The Hall–Kier alpha value is -2.77. The van der Waals surface area contributed by atoms with Crippen molar-refractivity contribution in [3.8, 4) is 11.8 Å². The van der Waals surface area contributed by atoms with E-state index in [0.29, 0.717) is 36.5 Å². The highest BCUT2D eigenvalue weighted by Gasteiger charge is 2.05. The molecule has 0 aliphatic rings. The normalized spacial score (nSPS) is 9.64. The van der Waals surface area contributed by atoms with Crippen LogP contribution in [0.1, 0.15) is 28.8 Å². The molecule has 2 N–H and O–H groups in total. The Morgan fingerprint density at radius 3 is 2.40 bits per heavy atom. The van der Waals surface area contributed by atoms with Crippen molar-refractivity contribution in [3.05, 3.63) is 70.7 Å². The number of hydrogen-bond acceptors (Lipinski definition) is 2. The van der Waals surface area contributed by atoms with Gasteiger partial charge >= 0.3 is 0 Å². The lowest BCUT2D eigenvalue weighted by molar-refractivity contribution is -0.120. The largest absolute Gasteiger partial charge is 0.352 e. The second-order valence-electron chi connectivity index (χ2n) is 5.31. The van der Waals surface area contributed by atoms with E-state index in [4.69, 9.17) is 11.6 Å². The summed E-state index contributed by atoms with van der Waals surface area (Å²) in [6.07, 6.45) is 0.908. The van der Waals surface area contributed by atoms with Crippen LogP contribution in [0.5, 0.6) is 0 Å². The van der Waals surface area contributed by atoms with Gasteiger partial charge in [0.2, 0.25) is 5.91 Å². The molecule has 0 atom stereocenters. The van der Waals surface area contributed by atoms with Crippen molar-refractivity contribution in [2.75, 3.05) is 13.1 Å².